The third-order valence-corrected chi connectivity index (χ3v) is 3.91. The number of aryl methyl sites for hydroxylation is 1. The molecule has 0 unspecified atom stereocenters. The molecule has 1 aromatic heterocycles. The fraction of sp³-hybridized carbons (Fsp3) is 0.286. The van der Waals surface area contributed by atoms with Crippen molar-refractivity contribution in [2.75, 3.05) is 7.11 Å². The number of hydrogen-bond donors (Lipinski definition) is 1. The lowest BCUT2D eigenvalue weighted by Crippen LogP contribution is -2.14. The SMILES string of the molecule is COc1c(Br)cc(CNCc2ccnc(C)n2)cc1Br. The van der Waals surface area contributed by atoms with Gasteiger partial charge in [0.2, 0.25) is 0 Å². The van der Waals surface area contributed by atoms with Crippen molar-refractivity contribution >= 4 is 31.9 Å². The summed E-state index contributed by atoms with van der Waals surface area (Å²) in [7, 11) is 1.65. The molecule has 0 aliphatic rings. The van der Waals surface area contributed by atoms with Crippen molar-refractivity contribution in [1.29, 1.82) is 0 Å². The third kappa shape index (κ3) is 4.01. The zero-order valence-corrected chi connectivity index (χ0v) is 14.5. The van der Waals surface area contributed by atoms with E-state index < -0.39 is 0 Å². The van der Waals surface area contributed by atoms with E-state index in [4.69, 9.17) is 4.74 Å². The lowest BCUT2D eigenvalue weighted by Gasteiger charge is -2.10. The maximum atomic E-state index is 5.29. The van der Waals surface area contributed by atoms with Crippen LogP contribution in [0.25, 0.3) is 0 Å². The first-order chi connectivity index (χ1) is 9.60. The van der Waals surface area contributed by atoms with Crippen molar-refractivity contribution in [3.8, 4) is 5.75 Å². The number of methoxy groups -OCH3 is 1. The van der Waals surface area contributed by atoms with E-state index in [0.717, 1.165) is 38.3 Å². The van der Waals surface area contributed by atoms with E-state index in [9.17, 15) is 0 Å². The van der Waals surface area contributed by atoms with E-state index >= 15 is 0 Å². The predicted octanol–water partition coefficient (Wildman–Crippen LogP) is 3.61. The molecule has 0 amide bonds. The summed E-state index contributed by atoms with van der Waals surface area (Å²) >= 11 is 7.00. The Balaban J connectivity index is 1.98. The zero-order valence-electron chi connectivity index (χ0n) is 11.3. The maximum absolute atomic E-state index is 5.29. The highest BCUT2D eigenvalue weighted by Crippen LogP contribution is 2.34. The molecule has 6 heteroatoms. The molecule has 0 spiro atoms. The fourth-order valence-corrected chi connectivity index (χ4v) is 3.45. The van der Waals surface area contributed by atoms with E-state index in [1.54, 1.807) is 13.3 Å². The standard InChI is InChI=1S/C14H15Br2N3O/c1-9-18-4-3-11(19-9)8-17-7-10-5-12(15)14(20-2)13(16)6-10/h3-6,17H,7-8H2,1-2H3. The Bertz CT molecular complexity index is 582. The molecule has 0 atom stereocenters. The number of ether oxygens (including phenoxy) is 1. The topological polar surface area (TPSA) is 47.0 Å². The highest BCUT2D eigenvalue weighted by molar-refractivity contribution is 9.11. The van der Waals surface area contributed by atoms with Crippen LogP contribution in [0.2, 0.25) is 0 Å². The van der Waals surface area contributed by atoms with Crippen LogP contribution in [-0.4, -0.2) is 17.1 Å². The highest BCUT2D eigenvalue weighted by Gasteiger charge is 2.07. The van der Waals surface area contributed by atoms with Gasteiger partial charge in [-0.3, -0.25) is 0 Å². The van der Waals surface area contributed by atoms with Crippen molar-refractivity contribution in [3.05, 3.63) is 50.4 Å². The van der Waals surface area contributed by atoms with E-state index in [1.807, 2.05) is 25.1 Å². The Labute approximate surface area is 135 Å². The van der Waals surface area contributed by atoms with E-state index in [2.05, 4.69) is 47.1 Å². The van der Waals surface area contributed by atoms with Gasteiger partial charge in [0.15, 0.2) is 0 Å². The molecule has 106 valence electrons. The van der Waals surface area contributed by atoms with E-state index in [1.165, 1.54) is 0 Å². The summed E-state index contributed by atoms with van der Waals surface area (Å²) in [6.45, 7) is 3.36. The molecule has 2 aromatic rings. The lowest BCUT2D eigenvalue weighted by molar-refractivity contribution is 0.409. The van der Waals surface area contributed by atoms with Gasteiger partial charge in [-0.25, -0.2) is 9.97 Å². The van der Waals surface area contributed by atoms with Crippen LogP contribution in [0.4, 0.5) is 0 Å². The van der Waals surface area contributed by atoms with Crippen LogP contribution in [0.5, 0.6) is 5.75 Å². The zero-order chi connectivity index (χ0) is 14.5. The average molecular weight is 401 g/mol. The van der Waals surface area contributed by atoms with Crippen LogP contribution in [-0.2, 0) is 13.1 Å². The maximum Gasteiger partial charge on any atom is 0.147 e. The van der Waals surface area contributed by atoms with Crippen LogP contribution >= 0.6 is 31.9 Å². The van der Waals surface area contributed by atoms with Crippen LogP contribution < -0.4 is 10.1 Å². The fourth-order valence-electron chi connectivity index (χ4n) is 1.85. The molecule has 0 fully saturated rings. The van der Waals surface area contributed by atoms with Crippen LogP contribution in [0.15, 0.2) is 33.3 Å². The number of nitrogens with one attached hydrogen (secondary N) is 1. The van der Waals surface area contributed by atoms with Gasteiger partial charge in [-0.2, -0.15) is 0 Å². The van der Waals surface area contributed by atoms with Crippen molar-refractivity contribution < 1.29 is 4.74 Å². The van der Waals surface area contributed by atoms with Gasteiger partial charge in [0, 0.05) is 19.3 Å². The Morgan fingerprint density at radius 1 is 1.20 bits per heavy atom. The molecular formula is C14H15Br2N3O. The molecule has 4 nitrogen and oxygen atoms in total. The molecule has 1 N–H and O–H groups in total. The predicted molar refractivity (Wildman–Crippen MR) is 85.7 cm³/mol. The van der Waals surface area contributed by atoms with Gasteiger partial charge < -0.3 is 10.1 Å². The molecule has 2 rings (SSSR count). The lowest BCUT2D eigenvalue weighted by atomic mass is 10.2. The number of hydrogen-bond acceptors (Lipinski definition) is 4. The molecule has 0 radical (unpaired) electrons. The van der Waals surface area contributed by atoms with Crippen molar-refractivity contribution in [2.45, 2.75) is 20.0 Å². The second-order valence-corrected chi connectivity index (χ2v) is 6.00. The molecular weight excluding hydrogens is 386 g/mol. The number of aromatic nitrogens is 2. The summed E-state index contributed by atoms with van der Waals surface area (Å²) in [5.74, 6) is 1.60. The minimum absolute atomic E-state index is 0.713. The van der Waals surface area contributed by atoms with Crippen LogP contribution in [0.3, 0.4) is 0 Å². The van der Waals surface area contributed by atoms with Crippen LogP contribution in [0.1, 0.15) is 17.1 Å². The molecule has 1 heterocycles. The molecule has 0 saturated heterocycles. The van der Waals surface area contributed by atoms with Crippen molar-refractivity contribution in [3.63, 3.8) is 0 Å². The largest absolute Gasteiger partial charge is 0.494 e. The van der Waals surface area contributed by atoms with Crippen molar-refractivity contribution in [2.24, 2.45) is 0 Å². The summed E-state index contributed by atoms with van der Waals surface area (Å²) in [5.41, 5.74) is 2.15. The van der Waals surface area contributed by atoms with Crippen molar-refractivity contribution in [1.82, 2.24) is 15.3 Å². The molecule has 0 saturated carbocycles. The highest BCUT2D eigenvalue weighted by atomic mass is 79.9. The van der Waals surface area contributed by atoms with Gasteiger partial charge in [0.25, 0.3) is 0 Å². The molecule has 0 bridgehead atoms. The third-order valence-electron chi connectivity index (χ3n) is 2.73. The smallest absolute Gasteiger partial charge is 0.147 e. The van der Waals surface area contributed by atoms with E-state index in [0.29, 0.717) is 6.54 Å². The molecule has 0 aliphatic heterocycles. The molecule has 1 aromatic carbocycles. The summed E-state index contributed by atoms with van der Waals surface area (Å²) in [5, 5.41) is 3.36. The second-order valence-electron chi connectivity index (χ2n) is 4.29. The van der Waals surface area contributed by atoms with Gasteiger partial charge in [-0.1, -0.05) is 0 Å². The summed E-state index contributed by atoms with van der Waals surface area (Å²) < 4.78 is 7.16. The van der Waals surface area contributed by atoms with Crippen LogP contribution in [0, 0.1) is 6.92 Å². The van der Waals surface area contributed by atoms with E-state index in [-0.39, 0.29) is 0 Å². The van der Waals surface area contributed by atoms with Gasteiger partial charge in [-0.05, 0) is 62.5 Å². The molecule has 20 heavy (non-hydrogen) atoms. The first-order valence-electron chi connectivity index (χ1n) is 6.11. The minimum atomic E-state index is 0.713. The Hall–Kier alpha value is -0.980. The first-order valence-corrected chi connectivity index (χ1v) is 7.70. The average Bonchev–Trinajstić information content (AvgIpc) is 2.38. The minimum Gasteiger partial charge on any atom is -0.494 e. The monoisotopic (exact) mass is 399 g/mol. The number of benzene rings is 1. The first kappa shape index (κ1) is 15.4. The summed E-state index contributed by atoms with van der Waals surface area (Å²) in [6.07, 6.45) is 1.78. The van der Waals surface area contributed by atoms with Gasteiger partial charge >= 0.3 is 0 Å². The molecule has 0 aliphatic carbocycles. The number of nitrogens with zero attached hydrogens (tertiary/aromatic N) is 2. The summed E-state index contributed by atoms with van der Waals surface area (Å²) in [6, 6.07) is 6.00. The Morgan fingerprint density at radius 2 is 1.90 bits per heavy atom. The van der Waals surface area contributed by atoms with Gasteiger partial charge in [0.05, 0.1) is 21.7 Å². The Morgan fingerprint density at radius 3 is 2.50 bits per heavy atom. The van der Waals surface area contributed by atoms with Gasteiger partial charge in [-0.15, -0.1) is 0 Å². The second kappa shape index (κ2) is 7.15. The summed E-state index contributed by atoms with van der Waals surface area (Å²) in [4.78, 5) is 8.44. The normalized spacial score (nSPS) is 10.6. The number of rotatable bonds is 5. The Kier molecular flexibility index (Phi) is 5.51. The number of halogens is 2. The quantitative estimate of drug-likeness (QED) is 0.832. The van der Waals surface area contributed by atoms with Gasteiger partial charge in [0.1, 0.15) is 11.6 Å².